The molecule has 0 amide bonds. The number of hydrogen-bond acceptors (Lipinski definition) is 8. The summed E-state index contributed by atoms with van der Waals surface area (Å²) >= 11 is 5.52. The zero-order valence-corrected chi connectivity index (χ0v) is 19.5. The Labute approximate surface area is 189 Å². The van der Waals surface area contributed by atoms with Crippen LogP contribution in [0.1, 0.15) is 25.3 Å². The van der Waals surface area contributed by atoms with E-state index in [-0.39, 0.29) is 18.5 Å². The van der Waals surface area contributed by atoms with Crippen LogP contribution >= 0.6 is 33.2 Å². The summed E-state index contributed by atoms with van der Waals surface area (Å²) in [6.45, 7) is 3.92. The number of halogens is 1. The van der Waals surface area contributed by atoms with Crippen molar-refractivity contribution < 1.29 is 28.5 Å². The van der Waals surface area contributed by atoms with Crippen molar-refractivity contribution in [2.24, 2.45) is 0 Å². The van der Waals surface area contributed by atoms with E-state index in [0.717, 1.165) is 22.1 Å². The molecule has 2 atom stereocenters. The highest BCUT2D eigenvalue weighted by Crippen LogP contribution is 2.26. The smallest absolute Gasteiger partial charge is 0.497 e. The Bertz CT molecular complexity index is 845. The molecule has 9 heteroatoms. The van der Waals surface area contributed by atoms with Gasteiger partial charge in [-0.05, 0) is 42.3 Å². The molecule has 0 saturated carbocycles. The fourth-order valence-corrected chi connectivity index (χ4v) is 4.25. The molecule has 164 valence electrons. The second-order valence-corrected chi connectivity index (χ2v) is 9.58. The lowest BCUT2D eigenvalue weighted by Gasteiger charge is -2.13. The first kappa shape index (κ1) is 24.5. The standard InChI is InChI=1S/C21H25ClO6S2/c1-14(16-4-5-18-13-19(25-3)7-6-17(18)12-16)20(23)26-8-10-29-30-11-9-27-21(24)28-15(2)22/h4-7,12-15H,8-11H2,1-3H3. The van der Waals surface area contributed by atoms with E-state index in [1.165, 1.54) is 17.7 Å². The number of ether oxygens (including phenoxy) is 4. The first-order valence-corrected chi connectivity index (χ1v) is 12.3. The average molecular weight is 473 g/mol. The van der Waals surface area contributed by atoms with E-state index in [1.54, 1.807) is 17.9 Å². The topological polar surface area (TPSA) is 71.1 Å². The fraction of sp³-hybridized carbons (Fsp3) is 0.429. The van der Waals surface area contributed by atoms with Gasteiger partial charge >= 0.3 is 12.1 Å². The van der Waals surface area contributed by atoms with Crippen LogP contribution in [0.3, 0.4) is 0 Å². The van der Waals surface area contributed by atoms with Gasteiger partial charge in [-0.3, -0.25) is 4.79 Å². The van der Waals surface area contributed by atoms with Gasteiger partial charge in [0.2, 0.25) is 0 Å². The molecule has 6 nitrogen and oxygen atoms in total. The highest BCUT2D eigenvalue weighted by Gasteiger charge is 2.17. The van der Waals surface area contributed by atoms with Crippen molar-refractivity contribution in [3.8, 4) is 5.75 Å². The second kappa shape index (κ2) is 12.8. The largest absolute Gasteiger partial charge is 0.509 e. The molecule has 0 fully saturated rings. The fourth-order valence-electron chi connectivity index (χ4n) is 2.52. The lowest BCUT2D eigenvalue weighted by Crippen LogP contribution is -2.15. The zero-order chi connectivity index (χ0) is 21.9. The monoisotopic (exact) mass is 472 g/mol. The molecule has 0 saturated heterocycles. The van der Waals surface area contributed by atoms with Crippen molar-refractivity contribution in [3.05, 3.63) is 42.0 Å². The van der Waals surface area contributed by atoms with Gasteiger partial charge in [-0.15, -0.1) is 0 Å². The molecule has 0 spiro atoms. The number of methoxy groups -OCH3 is 1. The Morgan fingerprint density at radius 3 is 2.27 bits per heavy atom. The van der Waals surface area contributed by atoms with Crippen LogP contribution in [-0.4, -0.2) is 49.5 Å². The number of benzene rings is 2. The molecule has 0 bridgehead atoms. The number of hydrogen-bond donors (Lipinski definition) is 0. The van der Waals surface area contributed by atoms with Crippen molar-refractivity contribution in [2.45, 2.75) is 25.3 Å². The second-order valence-electron chi connectivity index (χ2n) is 6.26. The van der Waals surface area contributed by atoms with Crippen LogP contribution < -0.4 is 4.74 Å². The third-order valence-corrected chi connectivity index (χ3v) is 6.49. The maximum Gasteiger partial charge on any atom is 0.509 e. The molecular weight excluding hydrogens is 448 g/mol. The van der Waals surface area contributed by atoms with Crippen LogP contribution in [0.4, 0.5) is 4.79 Å². The van der Waals surface area contributed by atoms with E-state index in [1.807, 2.05) is 43.3 Å². The lowest BCUT2D eigenvalue weighted by atomic mass is 9.98. The maximum atomic E-state index is 12.3. The molecule has 2 aromatic carbocycles. The first-order valence-electron chi connectivity index (χ1n) is 9.37. The summed E-state index contributed by atoms with van der Waals surface area (Å²) in [5, 5.41) is 2.10. The van der Waals surface area contributed by atoms with Crippen molar-refractivity contribution in [1.82, 2.24) is 0 Å². The van der Waals surface area contributed by atoms with E-state index in [9.17, 15) is 9.59 Å². The Balaban J connectivity index is 1.66. The van der Waals surface area contributed by atoms with Gasteiger partial charge in [0, 0.05) is 11.5 Å². The van der Waals surface area contributed by atoms with Gasteiger partial charge in [-0.2, -0.15) is 0 Å². The molecule has 0 N–H and O–H groups in total. The van der Waals surface area contributed by atoms with Crippen molar-refractivity contribution in [2.75, 3.05) is 31.8 Å². The quantitative estimate of drug-likeness (QED) is 0.181. The number of fused-ring (bicyclic) bond motifs is 1. The summed E-state index contributed by atoms with van der Waals surface area (Å²) in [6.07, 6.45) is -0.779. The molecule has 0 aliphatic rings. The van der Waals surface area contributed by atoms with E-state index >= 15 is 0 Å². The average Bonchev–Trinajstić information content (AvgIpc) is 2.73. The third kappa shape index (κ3) is 8.16. The number of carbonyl (C=O) groups excluding carboxylic acids is 2. The van der Waals surface area contributed by atoms with E-state index in [0.29, 0.717) is 18.1 Å². The third-order valence-electron chi connectivity index (χ3n) is 4.06. The molecule has 0 radical (unpaired) electrons. The van der Waals surface area contributed by atoms with Crippen LogP contribution in [0.15, 0.2) is 36.4 Å². The molecule has 30 heavy (non-hydrogen) atoms. The van der Waals surface area contributed by atoms with Crippen LogP contribution in [0.25, 0.3) is 10.8 Å². The Hall–Kier alpha value is -1.77. The number of carbonyl (C=O) groups is 2. The molecule has 0 aromatic heterocycles. The number of esters is 1. The lowest BCUT2D eigenvalue weighted by molar-refractivity contribution is -0.144. The van der Waals surface area contributed by atoms with Gasteiger partial charge in [-0.25, -0.2) is 4.79 Å². The normalized spacial score (nSPS) is 12.8. The van der Waals surface area contributed by atoms with Gasteiger partial charge in [0.1, 0.15) is 19.0 Å². The molecule has 0 aliphatic carbocycles. The Kier molecular flexibility index (Phi) is 10.5. The van der Waals surface area contributed by atoms with Gasteiger partial charge in [0.15, 0.2) is 5.56 Å². The van der Waals surface area contributed by atoms with Crippen LogP contribution in [0, 0.1) is 0 Å². The number of alkyl halides is 1. The predicted molar refractivity (Wildman–Crippen MR) is 123 cm³/mol. The number of rotatable bonds is 11. The van der Waals surface area contributed by atoms with Crippen molar-refractivity contribution in [1.29, 1.82) is 0 Å². The van der Waals surface area contributed by atoms with Crippen molar-refractivity contribution >= 4 is 56.1 Å². The predicted octanol–water partition coefficient (Wildman–Crippen LogP) is 5.61. The van der Waals surface area contributed by atoms with Crippen LogP contribution in [-0.2, 0) is 19.0 Å². The molecule has 0 heterocycles. The molecule has 2 aromatic rings. The minimum absolute atomic E-state index is 0.227. The molecule has 2 rings (SSSR count). The summed E-state index contributed by atoms with van der Waals surface area (Å²) in [7, 11) is 4.70. The molecule has 0 aliphatic heterocycles. The van der Waals surface area contributed by atoms with E-state index < -0.39 is 11.7 Å². The summed E-state index contributed by atoms with van der Waals surface area (Å²) in [5.41, 5.74) is 0.199. The Morgan fingerprint density at radius 2 is 1.60 bits per heavy atom. The maximum absolute atomic E-state index is 12.3. The van der Waals surface area contributed by atoms with Gasteiger partial charge in [0.05, 0.1) is 13.0 Å². The highest BCUT2D eigenvalue weighted by molar-refractivity contribution is 8.76. The van der Waals surface area contributed by atoms with Gasteiger partial charge in [0.25, 0.3) is 0 Å². The van der Waals surface area contributed by atoms with Gasteiger partial charge < -0.3 is 18.9 Å². The first-order chi connectivity index (χ1) is 14.4. The summed E-state index contributed by atoms with van der Waals surface area (Å²) in [4.78, 5) is 23.5. The zero-order valence-electron chi connectivity index (χ0n) is 17.1. The SMILES string of the molecule is COc1ccc2cc(C(C)C(=O)OCCSSCCOC(=O)OC(C)Cl)ccc2c1. The molecular formula is C21H25ClO6S2. The Morgan fingerprint density at radius 1 is 0.967 bits per heavy atom. The minimum atomic E-state index is -0.779. The van der Waals surface area contributed by atoms with Crippen LogP contribution in [0.5, 0.6) is 5.75 Å². The van der Waals surface area contributed by atoms with Crippen LogP contribution in [0.2, 0.25) is 0 Å². The summed E-state index contributed by atoms with van der Waals surface area (Å²) in [5.74, 6) is 1.44. The van der Waals surface area contributed by atoms with Gasteiger partial charge in [-0.1, -0.05) is 57.5 Å². The van der Waals surface area contributed by atoms with E-state index in [4.69, 9.17) is 25.8 Å². The molecule has 2 unspecified atom stereocenters. The summed E-state index contributed by atoms with van der Waals surface area (Å²) in [6, 6.07) is 11.8. The highest BCUT2D eigenvalue weighted by atomic mass is 35.5. The summed E-state index contributed by atoms with van der Waals surface area (Å²) < 4.78 is 20.1. The minimum Gasteiger partial charge on any atom is -0.497 e. The van der Waals surface area contributed by atoms with E-state index in [2.05, 4.69) is 4.74 Å². The van der Waals surface area contributed by atoms with Crippen molar-refractivity contribution in [3.63, 3.8) is 0 Å².